The molecule has 0 aliphatic rings. The first-order valence-electron chi connectivity index (χ1n) is 8.95. The topological polar surface area (TPSA) is 93.5 Å². The van der Waals surface area contributed by atoms with Gasteiger partial charge in [-0.05, 0) is 50.8 Å². The van der Waals surface area contributed by atoms with Crippen molar-refractivity contribution in [1.29, 1.82) is 0 Å². The molecule has 0 atom stereocenters. The third-order valence-electron chi connectivity index (χ3n) is 3.87. The lowest BCUT2D eigenvalue weighted by atomic mass is 9.99. The van der Waals surface area contributed by atoms with E-state index in [0.29, 0.717) is 19.5 Å². The molecule has 0 aliphatic carbocycles. The van der Waals surface area contributed by atoms with Gasteiger partial charge >= 0.3 is 12.1 Å². The fraction of sp³-hybridized carbons (Fsp3) is 0.450. The monoisotopic (exact) mass is 373 g/mol. The number of amides is 1. The maximum Gasteiger partial charge on any atom is 0.407 e. The molecule has 0 unspecified atom stereocenters. The number of aliphatic carboxylic acids is 1. The number of benzene rings is 1. The number of nitrogens with zero attached hydrogens (tertiary/aromatic N) is 2. The van der Waals surface area contributed by atoms with Crippen LogP contribution in [-0.4, -0.2) is 39.1 Å². The SMILES string of the molecule is Cc1cc(CCC(=O)O)ccc1-c1cnn(CCNC(=O)OC(C)(C)C)c1. The molecular formula is C20H27N3O4. The largest absolute Gasteiger partial charge is 0.481 e. The second-order valence-corrected chi connectivity index (χ2v) is 7.46. The number of carboxylic acid groups (broad SMARTS) is 1. The molecule has 146 valence electrons. The Hall–Kier alpha value is -2.83. The molecule has 0 saturated carbocycles. The average molecular weight is 373 g/mol. The summed E-state index contributed by atoms with van der Waals surface area (Å²) in [6.07, 6.45) is 3.92. The van der Waals surface area contributed by atoms with Gasteiger partial charge in [-0.2, -0.15) is 5.10 Å². The molecule has 0 radical (unpaired) electrons. The van der Waals surface area contributed by atoms with E-state index < -0.39 is 17.7 Å². The Labute approximate surface area is 159 Å². The quantitative estimate of drug-likeness (QED) is 0.776. The molecule has 1 heterocycles. The van der Waals surface area contributed by atoms with Gasteiger partial charge in [-0.15, -0.1) is 0 Å². The Bertz CT molecular complexity index is 806. The van der Waals surface area contributed by atoms with Crippen molar-refractivity contribution in [1.82, 2.24) is 15.1 Å². The van der Waals surface area contributed by atoms with E-state index in [9.17, 15) is 9.59 Å². The highest BCUT2D eigenvalue weighted by molar-refractivity contribution is 5.68. The summed E-state index contributed by atoms with van der Waals surface area (Å²) in [4.78, 5) is 22.3. The molecule has 0 aliphatic heterocycles. The van der Waals surface area contributed by atoms with Gasteiger partial charge in [0.05, 0.1) is 12.7 Å². The lowest BCUT2D eigenvalue weighted by molar-refractivity contribution is -0.136. The molecule has 7 nitrogen and oxygen atoms in total. The predicted octanol–water partition coefficient (Wildman–Crippen LogP) is 3.40. The van der Waals surface area contributed by atoms with Gasteiger partial charge in [0.15, 0.2) is 0 Å². The van der Waals surface area contributed by atoms with Crippen LogP contribution in [0.4, 0.5) is 4.79 Å². The fourth-order valence-corrected chi connectivity index (χ4v) is 2.67. The van der Waals surface area contributed by atoms with Crippen molar-refractivity contribution in [3.05, 3.63) is 41.7 Å². The van der Waals surface area contributed by atoms with Crippen molar-refractivity contribution in [3.8, 4) is 11.1 Å². The van der Waals surface area contributed by atoms with Gasteiger partial charge in [-0.25, -0.2) is 4.79 Å². The molecule has 1 amide bonds. The minimum Gasteiger partial charge on any atom is -0.481 e. The Morgan fingerprint density at radius 1 is 1.30 bits per heavy atom. The summed E-state index contributed by atoms with van der Waals surface area (Å²) < 4.78 is 6.96. The summed E-state index contributed by atoms with van der Waals surface area (Å²) in [7, 11) is 0. The number of nitrogens with one attached hydrogen (secondary N) is 1. The first-order chi connectivity index (χ1) is 12.6. The van der Waals surface area contributed by atoms with E-state index in [4.69, 9.17) is 9.84 Å². The molecular weight excluding hydrogens is 346 g/mol. The number of carboxylic acids is 1. The van der Waals surface area contributed by atoms with Crippen molar-refractivity contribution in [2.24, 2.45) is 0 Å². The second-order valence-electron chi connectivity index (χ2n) is 7.46. The molecule has 0 bridgehead atoms. The van der Waals surface area contributed by atoms with Crippen molar-refractivity contribution in [2.75, 3.05) is 6.54 Å². The number of alkyl carbamates (subject to hydrolysis) is 1. The third-order valence-corrected chi connectivity index (χ3v) is 3.87. The predicted molar refractivity (Wildman–Crippen MR) is 103 cm³/mol. The van der Waals surface area contributed by atoms with Gasteiger partial charge in [-0.3, -0.25) is 9.48 Å². The van der Waals surface area contributed by atoms with Crippen LogP contribution in [0.5, 0.6) is 0 Å². The summed E-state index contributed by atoms with van der Waals surface area (Å²) in [6, 6.07) is 5.96. The van der Waals surface area contributed by atoms with Gasteiger partial charge in [-0.1, -0.05) is 18.2 Å². The number of hydrogen-bond donors (Lipinski definition) is 2. The van der Waals surface area contributed by atoms with Crippen LogP contribution in [0.15, 0.2) is 30.6 Å². The Morgan fingerprint density at radius 3 is 2.67 bits per heavy atom. The number of aromatic nitrogens is 2. The highest BCUT2D eigenvalue weighted by Crippen LogP contribution is 2.24. The molecule has 2 N–H and O–H groups in total. The number of ether oxygens (including phenoxy) is 1. The number of rotatable bonds is 7. The smallest absolute Gasteiger partial charge is 0.407 e. The summed E-state index contributed by atoms with van der Waals surface area (Å²) in [6.45, 7) is 8.42. The molecule has 2 aromatic rings. The second kappa shape index (κ2) is 8.70. The van der Waals surface area contributed by atoms with E-state index in [-0.39, 0.29) is 6.42 Å². The Balaban J connectivity index is 1.93. The highest BCUT2D eigenvalue weighted by atomic mass is 16.6. The van der Waals surface area contributed by atoms with Crippen LogP contribution in [-0.2, 0) is 22.5 Å². The van der Waals surface area contributed by atoms with Gasteiger partial charge < -0.3 is 15.2 Å². The van der Waals surface area contributed by atoms with Gasteiger partial charge in [0.2, 0.25) is 0 Å². The van der Waals surface area contributed by atoms with E-state index in [1.54, 1.807) is 10.9 Å². The zero-order valence-corrected chi connectivity index (χ0v) is 16.3. The molecule has 7 heteroatoms. The summed E-state index contributed by atoms with van der Waals surface area (Å²) in [5, 5.41) is 15.8. The van der Waals surface area contributed by atoms with E-state index in [1.165, 1.54) is 0 Å². The molecule has 1 aromatic carbocycles. The van der Waals surface area contributed by atoms with E-state index >= 15 is 0 Å². The summed E-state index contributed by atoms with van der Waals surface area (Å²) in [5.74, 6) is -0.794. The normalized spacial score (nSPS) is 11.3. The van der Waals surface area contributed by atoms with Crippen LogP contribution in [0.1, 0.15) is 38.3 Å². The van der Waals surface area contributed by atoms with Gasteiger partial charge in [0.1, 0.15) is 5.60 Å². The van der Waals surface area contributed by atoms with Crippen molar-refractivity contribution in [3.63, 3.8) is 0 Å². The molecule has 27 heavy (non-hydrogen) atoms. The van der Waals surface area contributed by atoms with E-state index in [1.807, 2.05) is 52.1 Å². The number of carbonyl (C=O) groups excluding carboxylic acids is 1. The van der Waals surface area contributed by atoms with Crippen LogP contribution < -0.4 is 5.32 Å². The molecule has 0 saturated heterocycles. The Kier molecular flexibility index (Phi) is 6.60. The van der Waals surface area contributed by atoms with Crippen molar-refractivity contribution >= 4 is 12.1 Å². The lowest BCUT2D eigenvalue weighted by Crippen LogP contribution is -2.34. The zero-order valence-electron chi connectivity index (χ0n) is 16.3. The first kappa shape index (κ1) is 20.5. The maximum atomic E-state index is 11.6. The number of aryl methyl sites for hydroxylation is 2. The van der Waals surface area contributed by atoms with Gasteiger partial charge in [0, 0.05) is 24.7 Å². The fourth-order valence-electron chi connectivity index (χ4n) is 2.67. The molecule has 2 rings (SSSR count). The standard InChI is InChI=1S/C20H27N3O4/c1-14-11-15(6-8-18(24)25)5-7-17(14)16-12-22-23(13-16)10-9-21-19(26)27-20(2,3)4/h5,7,11-13H,6,8-10H2,1-4H3,(H,21,26)(H,24,25). The number of hydrogen-bond acceptors (Lipinski definition) is 4. The van der Waals surface area contributed by atoms with Crippen LogP contribution in [0.25, 0.3) is 11.1 Å². The third kappa shape index (κ3) is 6.77. The van der Waals surface area contributed by atoms with E-state index in [2.05, 4.69) is 10.4 Å². The molecule has 1 aromatic heterocycles. The number of carbonyl (C=O) groups is 2. The van der Waals surface area contributed by atoms with Crippen LogP contribution in [0, 0.1) is 6.92 Å². The summed E-state index contributed by atoms with van der Waals surface area (Å²) >= 11 is 0. The van der Waals surface area contributed by atoms with E-state index in [0.717, 1.165) is 22.3 Å². The van der Waals surface area contributed by atoms with Gasteiger partial charge in [0.25, 0.3) is 0 Å². The lowest BCUT2D eigenvalue weighted by Gasteiger charge is -2.19. The highest BCUT2D eigenvalue weighted by Gasteiger charge is 2.15. The van der Waals surface area contributed by atoms with Crippen molar-refractivity contribution < 1.29 is 19.4 Å². The minimum absolute atomic E-state index is 0.126. The minimum atomic E-state index is -0.794. The first-order valence-corrected chi connectivity index (χ1v) is 8.95. The van der Waals surface area contributed by atoms with Crippen LogP contribution in [0.3, 0.4) is 0 Å². The maximum absolute atomic E-state index is 11.6. The Morgan fingerprint density at radius 2 is 2.04 bits per heavy atom. The molecule has 0 fully saturated rings. The van der Waals surface area contributed by atoms with Crippen molar-refractivity contribution in [2.45, 2.75) is 52.7 Å². The average Bonchev–Trinajstić information content (AvgIpc) is 2.99. The molecule has 0 spiro atoms. The van der Waals surface area contributed by atoms with Crippen LogP contribution >= 0.6 is 0 Å². The summed E-state index contributed by atoms with van der Waals surface area (Å²) in [5.41, 5.74) is 3.60. The van der Waals surface area contributed by atoms with Crippen LogP contribution in [0.2, 0.25) is 0 Å². The zero-order chi connectivity index (χ0) is 20.0.